The lowest BCUT2D eigenvalue weighted by molar-refractivity contribution is -0.158. The largest absolute Gasteiger partial charge is 0.468 e. The first-order valence-electron chi connectivity index (χ1n) is 7.71. The molecule has 0 N–H and O–H groups in total. The van der Waals surface area contributed by atoms with E-state index in [1.807, 2.05) is 37.3 Å². The highest BCUT2D eigenvalue weighted by atomic mass is 16.5. The van der Waals surface area contributed by atoms with Gasteiger partial charge >= 0.3 is 5.97 Å². The molecule has 0 spiro atoms. The number of terminal acetylenes is 1. The van der Waals surface area contributed by atoms with Crippen molar-refractivity contribution in [3.05, 3.63) is 47.0 Å². The maximum Gasteiger partial charge on any atom is 0.319 e. The smallest absolute Gasteiger partial charge is 0.319 e. The molecule has 0 radical (unpaired) electrons. The van der Waals surface area contributed by atoms with Gasteiger partial charge in [0.1, 0.15) is 5.92 Å². The third kappa shape index (κ3) is 4.01. The van der Waals surface area contributed by atoms with Crippen LogP contribution in [0.5, 0.6) is 0 Å². The van der Waals surface area contributed by atoms with Crippen molar-refractivity contribution in [1.29, 1.82) is 0 Å². The zero-order valence-corrected chi connectivity index (χ0v) is 13.8. The Hall–Kier alpha value is -2.64. The quantitative estimate of drug-likeness (QED) is 0.485. The van der Waals surface area contributed by atoms with E-state index < -0.39 is 18.0 Å². The Morgan fingerprint density at radius 2 is 2.21 bits per heavy atom. The minimum Gasteiger partial charge on any atom is -0.468 e. The third-order valence-corrected chi connectivity index (χ3v) is 3.96. The van der Waals surface area contributed by atoms with Crippen LogP contribution in [0.15, 0.2) is 30.4 Å². The monoisotopic (exact) mass is 324 g/mol. The van der Waals surface area contributed by atoms with Crippen LogP contribution in [-0.4, -0.2) is 31.6 Å². The molecule has 24 heavy (non-hydrogen) atoms. The van der Waals surface area contributed by atoms with E-state index in [0.29, 0.717) is 6.61 Å². The minimum atomic E-state index is -0.908. The van der Waals surface area contributed by atoms with Crippen molar-refractivity contribution in [3.8, 4) is 12.3 Å². The SMILES string of the molecule is C#C/C=C\c1c(C)cccc1/C=C/[C@H]1OCCC(=O)[C@@H]1C(=O)OC. The van der Waals surface area contributed by atoms with Gasteiger partial charge in [0.25, 0.3) is 0 Å². The molecule has 1 fully saturated rings. The highest BCUT2D eigenvalue weighted by molar-refractivity contribution is 6.00. The van der Waals surface area contributed by atoms with Crippen LogP contribution >= 0.6 is 0 Å². The summed E-state index contributed by atoms with van der Waals surface area (Å²) in [6, 6.07) is 5.87. The fourth-order valence-electron chi connectivity index (χ4n) is 2.70. The molecule has 0 bridgehead atoms. The maximum atomic E-state index is 12.0. The van der Waals surface area contributed by atoms with Gasteiger partial charge in [0.05, 0.1) is 19.8 Å². The number of rotatable bonds is 4. The van der Waals surface area contributed by atoms with E-state index in [0.717, 1.165) is 16.7 Å². The summed E-state index contributed by atoms with van der Waals surface area (Å²) in [6.45, 7) is 2.30. The van der Waals surface area contributed by atoms with Gasteiger partial charge in [-0.25, -0.2) is 0 Å². The zero-order valence-electron chi connectivity index (χ0n) is 13.8. The van der Waals surface area contributed by atoms with Crippen molar-refractivity contribution >= 4 is 23.9 Å². The first-order valence-corrected chi connectivity index (χ1v) is 7.71. The maximum absolute atomic E-state index is 12.0. The summed E-state index contributed by atoms with van der Waals surface area (Å²) >= 11 is 0. The molecule has 124 valence electrons. The number of aryl methyl sites for hydroxylation is 1. The fourth-order valence-corrected chi connectivity index (χ4v) is 2.70. The van der Waals surface area contributed by atoms with Crippen molar-refractivity contribution in [3.63, 3.8) is 0 Å². The summed E-state index contributed by atoms with van der Waals surface area (Å²) in [6.07, 6.45) is 12.0. The third-order valence-electron chi connectivity index (χ3n) is 3.96. The molecule has 1 saturated heterocycles. The van der Waals surface area contributed by atoms with Crippen LogP contribution in [-0.2, 0) is 19.1 Å². The number of Topliss-reactive ketones (excluding diaryl/α,β-unsaturated/α-hetero) is 1. The molecule has 4 nitrogen and oxygen atoms in total. The second-order valence-electron chi connectivity index (χ2n) is 5.49. The number of ketones is 1. The van der Waals surface area contributed by atoms with Gasteiger partial charge in [0, 0.05) is 6.42 Å². The van der Waals surface area contributed by atoms with Crippen molar-refractivity contribution in [2.24, 2.45) is 5.92 Å². The van der Waals surface area contributed by atoms with Crippen LogP contribution in [0.1, 0.15) is 23.1 Å². The topological polar surface area (TPSA) is 52.6 Å². The Labute approximate surface area is 142 Å². The highest BCUT2D eigenvalue weighted by Gasteiger charge is 2.37. The number of esters is 1. The molecule has 0 aromatic heterocycles. The summed E-state index contributed by atoms with van der Waals surface area (Å²) in [5, 5.41) is 0. The number of benzene rings is 1. The first kappa shape index (κ1) is 17.7. The van der Waals surface area contributed by atoms with Crippen molar-refractivity contribution in [2.45, 2.75) is 19.4 Å². The molecule has 0 unspecified atom stereocenters. The molecule has 1 heterocycles. The Balaban J connectivity index is 2.31. The van der Waals surface area contributed by atoms with Gasteiger partial charge in [-0.1, -0.05) is 36.3 Å². The summed E-state index contributed by atoms with van der Waals surface area (Å²) in [5.41, 5.74) is 3.00. The van der Waals surface area contributed by atoms with Crippen molar-refractivity contribution in [1.82, 2.24) is 0 Å². The highest BCUT2D eigenvalue weighted by Crippen LogP contribution is 2.23. The lowest BCUT2D eigenvalue weighted by Gasteiger charge is -2.26. The first-order chi connectivity index (χ1) is 11.6. The van der Waals surface area contributed by atoms with Gasteiger partial charge in [-0.3, -0.25) is 9.59 Å². The number of hydrogen-bond acceptors (Lipinski definition) is 4. The van der Waals surface area contributed by atoms with Gasteiger partial charge in [-0.2, -0.15) is 0 Å². The van der Waals surface area contributed by atoms with Crippen LogP contribution in [0.25, 0.3) is 12.2 Å². The summed E-state index contributed by atoms with van der Waals surface area (Å²) < 4.78 is 10.3. The molecule has 1 aliphatic rings. The van der Waals surface area contributed by atoms with Crippen molar-refractivity contribution < 1.29 is 19.1 Å². The van der Waals surface area contributed by atoms with Crippen LogP contribution in [0.4, 0.5) is 0 Å². The van der Waals surface area contributed by atoms with Crippen molar-refractivity contribution in [2.75, 3.05) is 13.7 Å². The van der Waals surface area contributed by atoms with Gasteiger partial charge < -0.3 is 9.47 Å². The number of carbonyl (C=O) groups excluding carboxylic acids is 2. The Morgan fingerprint density at radius 1 is 1.42 bits per heavy atom. The average Bonchev–Trinajstić information content (AvgIpc) is 2.58. The van der Waals surface area contributed by atoms with E-state index in [1.165, 1.54) is 7.11 Å². The number of carbonyl (C=O) groups is 2. The van der Waals surface area contributed by atoms with E-state index in [9.17, 15) is 9.59 Å². The predicted octanol–water partition coefficient (Wildman–Crippen LogP) is 2.80. The molecule has 4 heteroatoms. The van der Waals surface area contributed by atoms with E-state index in [1.54, 1.807) is 12.2 Å². The molecule has 1 aromatic carbocycles. The second-order valence-corrected chi connectivity index (χ2v) is 5.49. The molecular weight excluding hydrogens is 304 g/mol. The van der Waals surface area contributed by atoms with Gasteiger partial charge in [0.15, 0.2) is 5.78 Å². The van der Waals surface area contributed by atoms with Gasteiger partial charge in [0.2, 0.25) is 0 Å². The van der Waals surface area contributed by atoms with E-state index in [4.69, 9.17) is 15.9 Å². The molecule has 1 aliphatic heterocycles. The number of hydrogen-bond donors (Lipinski definition) is 0. The minimum absolute atomic E-state index is 0.153. The molecule has 1 aromatic rings. The fraction of sp³-hybridized carbons (Fsp3) is 0.300. The van der Waals surface area contributed by atoms with Crippen LogP contribution in [0.2, 0.25) is 0 Å². The number of ether oxygens (including phenoxy) is 2. The second kappa shape index (κ2) is 8.28. The summed E-state index contributed by atoms with van der Waals surface area (Å²) in [5.74, 6) is 0.851. The lowest BCUT2D eigenvalue weighted by atomic mass is 9.91. The number of allylic oxidation sites excluding steroid dienone is 1. The predicted molar refractivity (Wildman–Crippen MR) is 93.0 cm³/mol. The Morgan fingerprint density at radius 3 is 2.92 bits per heavy atom. The molecule has 0 saturated carbocycles. The van der Waals surface area contributed by atoms with E-state index in [-0.39, 0.29) is 12.2 Å². The molecule has 2 atom stereocenters. The van der Waals surface area contributed by atoms with Crippen LogP contribution in [0.3, 0.4) is 0 Å². The lowest BCUT2D eigenvalue weighted by Crippen LogP contribution is -2.41. The molecular formula is C20H20O4. The molecule has 0 aliphatic carbocycles. The molecule has 0 amide bonds. The average molecular weight is 324 g/mol. The zero-order chi connectivity index (χ0) is 17.5. The standard InChI is InChI=1S/C20H20O4/c1-4-5-9-16-14(2)7-6-8-15(16)10-11-18-19(20(22)23-3)17(21)12-13-24-18/h1,5-11,18-19H,12-13H2,2-3H3/b9-5-,11-10+/t18-,19+/m1/s1. The Bertz CT molecular complexity index is 714. The van der Waals surface area contributed by atoms with Crippen LogP contribution < -0.4 is 0 Å². The normalized spacial score (nSPS) is 21.1. The number of methoxy groups -OCH3 is 1. The Kier molecular flexibility index (Phi) is 6.11. The summed E-state index contributed by atoms with van der Waals surface area (Å²) in [7, 11) is 1.27. The van der Waals surface area contributed by atoms with Crippen LogP contribution in [0, 0.1) is 25.2 Å². The van der Waals surface area contributed by atoms with Gasteiger partial charge in [-0.15, -0.1) is 6.42 Å². The van der Waals surface area contributed by atoms with E-state index >= 15 is 0 Å². The van der Waals surface area contributed by atoms with Gasteiger partial charge in [-0.05, 0) is 35.8 Å². The molecule has 2 rings (SSSR count). The van der Waals surface area contributed by atoms with E-state index in [2.05, 4.69) is 5.92 Å². The summed E-state index contributed by atoms with van der Waals surface area (Å²) in [4.78, 5) is 23.9.